The van der Waals surface area contributed by atoms with E-state index in [0.717, 1.165) is 10.0 Å². The third kappa shape index (κ3) is 4.00. The van der Waals surface area contributed by atoms with E-state index in [1.165, 1.54) is 0 Å². The van der Waals surface area contributed by atoms with Crippen molar-refractivity contribution >= 4 is 39.3 Å². The summed E-state index contributed by atoms with van der Waals surface area (Å²) >= 11 is 9.50. The Morgan fingerprint density at radius 3 is 2.78 bits per heavy atom. The first kappa shape index (κ1) is 15.8. The number of hydrogen-bond acceptors (Lipinski definition) is 2. The van der Waals surface area contributed by atoms with E-state index in [-0.39, 0.29) is 5.91 Å². The lowest BCUT2D eigenvalue weighted by atomic mass is 10.2. The van der Waals surface area contributed by atoms with Crippen molar-refractivity contribution in [3.8, 4) is 0 Å². The maximum atomic E-state index is 12.2. The Hall–Kier alpha value is -2.11. The molecule has 0 unspecified atom stereocenters. The van der Waals surface area contributed by atoms with Gasteiger partial charge >= 0.3 is 0 Å². The molecular weight excluding hydrogens is 378 g/mol. The summed E-state index contributed by atoms with van der Waals surface area (Å²) in [5.41, 5.74) is 1.54. The molecule has 6 heteroatoms. The number of halogens is 2. The van der Waals surface area contributed by atoms with Crippen LogP contribution in [0.3, 0.4) is 0 Å². The Kier molecular flexibility index (Phi) is 4.79. The van der Waals surface area contributed by atoms with Crippen molar-refractivity contribution in [1.82, 2.24) is 9.78 Å². The lowest BCUT2D eigenvalue weighted by molar-refractivity contribution is 0.102. The van der Waals surface area contributed by atoms with Crippen molar-refractivity contribution in [1.29, 1.82) is 0 Å². The zero-order valence-corrected chi connectivity index (χ0v) is 14.4. The van der Waals surface area contributed by atoms with E-state index >= 15 is 0 Å². The van der Waals surface area contributed by atoms with Crippen molar-refractivity contribution in [3.05, 3.63) is 81.4 Å². The monoisotopic (exact) mass is 389 g/mol. The number of nitrogens with zero attached hydrogens (tertiary/aromatic N) is 2. The number of hydrogen-bond donors (Lipinski definition) is 1. The van der Waals surface area contributed by atoms with Gasteiger partial charge in [-0.05, 0) is 29.8 Å². The van der Waals surface area contributed by atoms with Gasteiger partial charge in [0.05, 0.1) is 6.54 Å². The minimum absolute atomic E-state index is 0.200. The molecular formula is C17H13BrClN3O. The molecule has 4 nitrogen and oxygen atoms in total. The molecule has 0 atom stereocenters. The third-order valence-electron chi connectivity index (χ3n) is 3.26. The van der Waals surface area contributed by atoms with Crippen molar-refractivity contribution < 1.29 is 4.79 Å². The number of amides is 1. The number of aromatic nitrogens is 2. The highest BCUT2D eigenvalue weighted by Gasteiger charge is 2.09. The highest BCUT2D eigenvalue weighted by molar-refractivity contribution is 9.10. The summed E-state index contributed by atoms with van der Waals surface area (Å²) in [4.78, 5) is 12.2. The van der Waals surface area contributed by atoms with Gasteiger partial charge in [-0.2, -0.15) is 5.10 Å². The van der Waals surface area contributed by atoms with Gasteiger partial charge in [-0.15, -0.1) is 0 Å². The molecule has 0 aliphatic heterocycles. The van der Waals surface area contributed by atoms with Crippen LogP contribution in [0.5, 0.6) is 0 Å². The number of carbonyl (C=O) groups excluding carboxylic acids is 1. The van der Waals surface area contributed by atoms with Crippen molar-refractivity contribution in [2.45, 2.75) is 6.54 Å². The Labute approximate surface area is 147 Å². The van der Waals surface area contributed by atoms with Crippen LogP contribution in [0.4, 0.5) is 5.82 Å². The van der Waals surface area contributed by atoms with Crippen LogP contribution >= 0.6 is 27.5 Å². The van der Waals surface area contributed by atoms with E-state index in [1.54, 1.807) is 29.1 Å². The second-order valence-electron chi connectivity index (χ2n) is 4.95. The van der Waals surface area contributed by atoms with Crippen LogP contribution in [0.2, 0.25) is 5.02 Å². The summed E-state index contributed by atoms with van der Waals surface area (Å²) in [6, 6.07) is 16.6. The average Bonchev–Trinajstić information content (AvgIpc) is 2.97. The van der Waals surface area contributed by atoms with Crippen LogP contribution in [0.1, 0.15) is 15.9 Å². The fraction of sp³-hybridized carbons (Fsp3) is 0.0588. The van der Waals surface area contributed by atoms with Crippen molar-refractivity contribution in [2.24, 2.45) is 0 Å². The normalized spacial score (nSPS) is 10.5. The number of rotatable bonds is 4. The molecule has 1 amide bonds. The molecule has 0 saturated carbocycles. The zero-order valence-electron chi connectivity index (χ0n) is 12.0. The summed E-state index contributed by atoms with van der Waals surface area (Å²) in [5.74, 6) is 0.302. The van der Waals surface area contributed by atoms with Crippen LogP contribution in [-0.2, 0) is 6.54 Å². The molecule has 0 fully saturated rings. The first-order valence-corrected chi connectivity index (χ1v) is 8.13. The standard InChI is InChI=1S/C17H13BrClN3O/c18-14-6-3-5-12(10-14)17(23)20-16-8-9-22(21-16)11-13-4-1-2-7-15(13)19/h1-10H,11H2,(H,20,21,23). The van der Waals surface area contributed by atoms with Gasteiger partial charge < -0.3 is 5.32 Å². The van der Waals surface area contributed by atoms with Crippen molar-refractivity contribution in [2.75, 3.05) is 5.32 Å². The molecule has 0 bridgehead atoms. The smallest absolute Gasteiger partial charge is 0.256 e. The summed E-state index contributed by atoms with van der Waals surface area (Å²) in [6.07, 6.45) is 1.81. The molecule has 0 aliphatic carbocycles. The quantitative estimate of drug-likeness (QED) is 0.708. The van der Waals surface area contributed by atoms with E-state index in [1.807, 2.05) is 36.4 Å². The molecule has 0 spiro atoms. The van der Waals surface area contributed by atoms with Gasteiger partial charge in [0.15, 0.2) is 5.82 Å². The van der Waals surface area contributed by atoms with Gasteiger partial charge in [-0.3, -0.25) is 9.48 Å². The topological polar surface area (TPSA) is 46.9 Å². The summed E-state index contributed by atoms with van der Waals surface area (Å²) < 4.78 is 2.59. The lowest BCUT2D eigenvalue weighted by Gasteiger charge is -2.05. The molecule has 1 heterocycles. The largest absolute Gasteiger partial charge is 0.305 e. The van der Waals surface area contributed by atoms with Crippen LogP contribution in [0.15, 0.2) is 65.3 Å². The van der Waals surface area contributed by atoms with Gasteiger partial charge in [-0.25, -0.2) is 0 Å². The maximum absolute atomic E-state index is 12.2. The van der Waals surface area contributed by atoms with E-state index in [9.17, 15) is 4.79 Å². The summed E-state index contributed by atoms with van der Waals surface area (Å²) in [6.45, 7) is 0.548. The molecule has 2 aromatic carbocycles. The molecule has 0 aliphatic rings. The zero-order chi connectivity index (χ0) is 16.2. The maximum Gasteiger partial charge on any atom is 0.256 e. The predicted molar refractivity (Wildman–Crippen MR) is 94.9 cm³/mol. The number of nitrogens with one attached hydrogen (secondary N) is 1. The van der Waals surface area contributed by atoms with E-state index in [2.05, 4.69) is 26.3 Å². The second kappa shape index (κ2) is 6.98. The van der Waals surface area contributed by atoms with Gasteiger partial charge in [0.25, 0.3) is 5.91 Å². The third-order valence-corrected chi connectivity index (χ3v) is 4.12. The second-order valence-corrected chi connectivity index (χ2v) is 6.28. The summed E-state index contributed by atoms with van der Waals surface area (Å²) in [5, 5.41) is 7.83. The Morgan fingerprint density at radius 2 is 2.00 bits per heavy atom. The minimum atomic E-state index is -0.200. The number of carbonyl (C=O) groups is 1. The van der Waals surface area contributed by atoms with Gasteiger partial charge in [-0.1, -0.05) is 51.8 Å². The predicted octanol–water partition coefficient (Wildman–Crippen LogP) is 4.60. The number of benzene rings is 2. The van der Waals surface area contributed by atoms with Crippen LogP contribution in [0.25, 0.3) is 0 Å². The van der Waals surface area contributed by atoms with E-state index in [0.29, 0.717) is 22.9 Å². The SMILES string of the molecule is O=C(Nc1ccn(Cc2ccccc2Cl)n1)c1cccc(Br)c1. The van der Waals surface area contributed by atoms with Crippen LogP contribution in [-0.4, -0.2) is 15.7 Å². The summed E-state index contributed by atoms with van der Waals surface area (Å²) in [7, 11) is 0. The molecule has 3 aromatic rings. The first-order chi connectivity index (χ1) is 11.1. The molecule has 116 valence electrons. The highest BCUT2D eigenvalue weighted by Crippen LogP contribution is 2.17. The minimum Gasteiger partial charge on any atom is -0.305 e. The fourth-order valence-electron chi connectivity index (χ4n) is 2.14. The first-order valence-electron chi connectivity index (χ1n) is 6.95. The lowest BCUT2D eigenvalue weighted by Crippen LogP contribution is -2.12. The number of anilines is 1. The van der Waals surface area contributed by atoms with Crippen molar-refractivity contribution in [3.63, 3.8) is 0 Å². The van der Waals surface area contributed by atoms with E-state index in [4.69, 9.17) is 11.6 Å². The Balaban J connectivity index is 1.70. The van der Waals surface area contributed by atoms with Gasteiger partial charge in [0.1, 0.15) is 0 Å². The van der Waals surface area contributed by atoms with Gasteiger partial charge in [0, 0.05) is 27.3 Å². The molecule has 3 rings (SSSR count). The molecule has 1 N–H and O–H groups in total. The molecule has 23 heavy (non-hydrogen) atoms. The Morgan fingerprint density at radius 1 is 1.17 bits per heavy atom. The Bertz CT molecular complexity index is 847. The average molecular weight is 391 g/mol. The van der Waals surface area contributed by atoms with Gasteiger partial charge in [0.2, 0.25) is 0 Å². The van der Waals surface area contributed by atoms with Crippen LogP contribution in [0, 0.1) is 0 Å². The van der Waals surface area contributed by atoms with Crippen LogP contribution < -0.4 is 5.32 Å². The molecule has 0 radical (unpaired) electrons. The molecule has 1 aromatic heterocycles. The molecule has 0 saturated heterocycles. The van der Waals surface area contributed by atoms with E-state index < -0.39 is 0 Å². The highest BCUT2D eigenvalue weighted by atomic mass is 79.9. The fourth-order valence-corrected chi connectivity index (χ4v) is 2.73.